The third-order valence-corrected chi connectivity index (χ3v) is 3.48. The summed E-state index contributed by atoms with van der Waals surface area (Å²) in [5.74, 6) is -0.137. The van der Waals surface area contributed by atoms with E-state index in [4.69, 9.17) is 4.74 Å². The second-order valence-electron chi connectivity index (χ2n) is 6.86. The molecule has 0 radical (unpaired) electrons. The maximum absolute atomic E-state index is 13.8. The van der Waals surface area contributed by atoms with Gasteiger partial charge in [-0.3, -0.25) is 9.79 Å². The Hall–Kier alpha value is -2.08. The van der Waals surface area contributed by atoms with Crippen molar-refractivity contribution in [3.63, 3.8) is 0 Å². The number of nitrogens with two attached hydrogens (primary N) is 1. The Kier molecular flexibility index (Phi) is 4.94. The molecule has 0 spiro atoms. The van der Waals surface area contributed by atoms with E-state index in [2.05, 4.69) is 11.9 Å². The van der Waals surface area contributed by atoms with Crippen LogP contribution in [0.4, 0.5) is 14.9 Å². The lowest BCUT2D eigenvalue weighted by Gasteiger charge is -2.17. The maximum atomic E-state index is 13.8. The van der Waals surface area contributed by atoms with E-state index in [0.29, 0.717) is 23.5 Å². The third kappa shape index (κ3) is 4.96. The van der Waals surface area contributed by atoms with Gasteiger partial charge in [0.1, 0.15) is 11.4 Å². The number of aliphatic imine (C=N–C) groups is 1. The van der Waals surface area contributed by atoms with Gasteiger partial charge in [-0.15, -0.1) is 0 Å². The van der Waals surface area contributed by atoms with Gasteiger partial charge in [-0.25, -0.2) is 9.71 Å². The number of rotatable bonds is 4. The first-order chi connectivity index (χ1) is 10.7. The van der Waals surface area contributed by atoms with Crippen molar-refractivity contribution in [3.05, 3.63) is 29.1 Å². The van der Waals surface area contributed by atoms with Crippen molar-refractivity contribution in [2.24, 2.45) is 10.9 Å². The second-order valence-corrected chi connectivity index (χ2v) is 6.86. The minimum absolute atomic E-state index is 0.0587. The smallest absolute Gasteiger partial charge is 0.414 e. The van der Waals surface area contributed by atoms with Gasteiger partial charge < -0.3 is 4.74 Å². The van der Waals surface area contributed by atoms with Gasteiger partial charge in [-0.05, 0) is 39.2 Å². The van der Waals surface area contributed by atoms with E-state index in [1.54, 1.807) is 27.0 Å². The predicted molar refractivity (Wildman–Crippen MR) is 84.8 cm³/mol. The third-order valence-electron chi connectivity index (χ3n) is 3.48. The molecule has 1 saturated carbocycles. The molecule has 1 aromatic rings. The van der Waals surface area contributed by atoms with Crippen LogP contribution in [0.15, 0.2) is 17.1 Å². The number of carbonyl (C=O) groups excluding carboxylic acids is 2. The number of amides is 1. The van der Waals surface area contributed by atoms with Crippen LogP contribution in [0, 0.1) is 11.7 Å². The molecule has 1 fully saturated rings. The van der Waals surface area contributed by atoms with Crippen LogP contribution in [0.1, 0.15) is 50.0 Å². The summed E-state index contributed by atoms with van der Waals surface area (Å²) in [6.07, 6.45) is 2.49. The molecule has 0 aromatic heterocycles. The molecule has 1 amide bonds. The minimum atomic E-state index is -0.674. The van der Waals surface area contributed by atoms with E-state index in [1.165, 1.54) is 11.4 Å². The van der Waals surface area contributed by atoms with E-state index in [0.717, 1.165) is 12.5 Å². The Bertz CT molecular complexity index is 650. The molecule has 1 aliphatic carbocycles. The standard InChI is InChI=1S/C17H21FN2O3/c1-10-5-14(10)19-8-11-6-12(9-21)13(18)7-15(11)20-16(22)23-17(2,3)4/h6-10,14H,5H2,1-4H3,(H,20,22)/p+1. The molecule has 23 heavy (non-hydrogen) atoms. The van der Waals surface area contributed by atoms with Gasteiger partial charge in [0.15, 0.2) is 12.0 Å². The van der Waals surface area contributed by atoms with E-state index < -0.39 is 17.5 Å². The number of primary amides is 1. The Morgan fingerprint density at radius 1 is 1.39 bits per heavy atom. The van der Waals surface area contributed by atoms with Crippen molar-refractivity contribution in [1.29, 1.82) is 0 Å². The number of aldehydes is 1. The van der Waals surface area contributed by atoms with Gasteiger partial charge >= 0.3 is 6.09 Å². The van der Waals surface area contributed by atoms with Crippen molar-refractivity contribution in [2.45, 2.75) is 45.8 Å². The van der Waals surface area contributed by atoms with Crippen LogP contribution >= 0.6 is 0 Å². The van der Waals surface area contributed by atoms with Gasteiger partial charge in [0.2, 0.25) is 0 Å². The first-order valence-corrected chi connectivity index (χ1v) is 7.59. The fourth-order valence-electron chi connectivity index (χ4n) is 2.09. The summed E-state index contributed by atoms with van der Waals surface area (Å²) < 4.78 is 19.1. The molecule has 1 aromatic carbocycles. The number of hydrogen-bond acceptors (Lipinski definition) is 4. The average Bonchev–Trinajstić information content (AvgIpc) is 3.11. The largest absolute Gasteiger partial charge is 0.518 e. The molecule has 0 aliphatic heterocycles. The highest BCUT2D eigenvalue weighted by molar-refractivity contribution is 5.89. The van der Waals surface area contributed by atoms with Gasteiger partial charge in [-0.2, -0.15) is 4.79 Å². The second kappa shape index (κ2) is 6.58. The number of ether oxygens (including phenoxy) is 1. The Balaban J connectivity index is 2.25. The molecule has 0 saturated heterocycles. The predicted octanol–water partition coefficient (Wildman–Crippen LogP) is 2.60. The van der Waals surface area contributed by atoms with Crippen LogP contribution in [0.25, 0.3) is 0 Å². The molecule has 6 heteroatoms. The first kappa shape index (κ1) is 17.3. The van der Waals surface area contributed by atoms with Gasteiger partial charge in [0, 0.05) is 12.3 Å². The molecule has 2 rings (SSSR count). The van der Waals surface area contributed by atoms with Gasteiger partial charge in [0.25, 0.3) is 0 Å². The van der Waals surface area contributed by atoms with Crippen LogP contribution < -0.4 is 5.32 Å². The molecular formula is C17H22FN2O3+. The van der Waals surface area contributed by atoms with Crippen molar-refractivity contribution in [3.8, 4) is 0 Å². The molecule has 2 N–H and O–H groups in total. The summed E-state index contributed by atoms with van der Waals surface area (Å²) in [4.78, 5) is 27.3. The van der Waals surface area contributed by atoms with E-state index in [-0.39, 0.29) is 11.6 Å². The molecule has 1 aliphatic rings. The molecule has 2 atom stereocenters. The summed E-state index contributed by atoms with van der Waals surface area (Å²) in [6, 6.07) is 2.81. The highest BCUT2D eigenvalue weighted by Gasteiger charge is 2.31. The van der Waals surface area contributed by atoms with Crippen LogP contribution in [-0.4, -0.2) is 30.2 Å². The Morgan fingerprint density at radius 3 is 2.57 bits per heavy atom. The number of quaternary nitrogens is 1. The molecular weight excluding hydrogens is 299 g/mol. The minimum Gasteiger partial charge on any atom is -0.414 e. The quantitative estimate of drug-likeness (QED) is 0.526. The lowest BCUT2D eigenvalue weighted by atomic mass is 10.1. The number of benzene rings is 1. The summed E-state index contributed by atoms with van der Waals surface area (Å²) >= 11 is 0. The van der Waals surface area contributed by atoms with E-state index in [1.807, 2.05) is 0 Å². The highest BCUT2D eigenvalue weighted by atomic mass is 19.1. The topological polar surface area (TPSA) is 72.3 Å². The molecule has 0 heterocycles. The lowest BCUT2D eigenvalue weighted by Crippen LogP contribution is -2.83. The summed E-state index contributed by atoms with van der Waals surface area (Å²) in [6.45, 7) is 7.36. The van der Waals surface area contributed by atoms with Crippen molar-refractivity contribution < 1.29 is 24.0 Å². The van der Waals surface area contributed by atoms with Crippen LogP contribution in [0.3, 0.4) is 0 Å². The monoisotopic (exact) mass is 321 g/mol. The number of nitrogens with zero attached hydrogens (tertiary/aromatic N) is 1. The first-order valence-electron chi connectivity index (χ1n) is 7.59. The lowest BCUT2D eigenvalue weighted by molar-refractivity contribution is -0.486. The van der Waals surface area contributed by atoms with Crippen LogP contribution in [0.5, 0.6) is 0 Å². The van der Waals surface area contributed by atoms with Crippen LogP contribution in [0.2, 0.25) is 0 Å². The zero-order chi connectivity index (χ0) is 17.2. The Labute approximate surface area is 134 Å². The number of carbonyl (C=O) groups is 2. The number of hydrogen-bond donors (Lipinski definition) is 1. The number of halogens is 1. The zero-order valence-corrected chi connectivity index (χ0v) is 13.8. The van der Waals surface area contributed by atoms with Gasteiger partial charge in [-0.1, -0.05) is 6.92 Å². The Morgan fingerprint density at radius 2 is 2.04 bits per heavy atom. The average molecular weight is 321 g/mol. The summed E-state index contributed by atoms with van der Waals surface area (Å²) in [5, 5.41) is 1.22. The fraction of sp³-hybridized carbons (Fsp3) is 0.471. The van der Waals surface area contributed by atoms with Crippen LogP contribution in [-0.2, 0) is 4.74 Å². The summed E-state index contributed by atoms with van der Waals surface area (Å²) in [5.41, 5.74) is 0.182. The highest BCUT2D eigenvalue weighted by Crippen LogP contribution is 2.32. The van der Waals surface area contributed by atoms with E-state index >= 15 is 0 Å². The van der Waals surface area contributed by atoms with E-state index in [9.17, 15) is 14.0 Å². The normalized spacial score (nSPS) is 20.6. The fourth-order valence-corrected chi connectivity index (χ4v) is 2.09. The van der Waals surface area contributed by atoms with Crippen molar-refractivity contribution in [2.75, 3.05) is 0 Å². The molecule has 0 bridgehead atoms. The van der Waals surface area contributed by atoms with Crippen molar-refractivity contribution in [1.82, 2.24) is 0 Å². The molecule has 124 valence electrons. The SMILES string of the molecule is CC1CC1N=Cc1cc(C=O)c(F)cc1[NH2+]C(=O)OC(C)(C)C. The maximum Gasteiger partial charge on any atom is 0.518 e. The summed E-state index contributed by atoms with van der Waals surface area (Å²) in [7, 11) is 0. The molecule has 5 nitrogen and oxygen atoms in total. The molecule has 2 unspecified atom stereocenters. The zero-order valence-electron chi connectivity index (χ0n) is 13.8. The van der Waals surface area contributed by atoms with Crippen molar-refractivity contribution >= 4 is 24.3 Å². The van der Waals surface area contributed by atoms with Gasteiger partial charge in [0.05, 0.1) is 17.2 Å².